The molecule has 0 atom stereocenters. The molecule has 0 fully saturated rings. The molecular formula is C19H22N4O4S. The summed E-state index contributed by atoms with van der Waals surface area (Å²) in [5.41, 5.74) is 5.66. The minimum atomic E-state index is -0.654. The molecule has 0 saturated heterocycles. The molecule has 0 saturated carbocycles. The molecule has 0 unspecified atom stereocenters. The molecule has 4 N–H and O–H groups in total. The summed E-state index contributed by atoms with van der Waals surface area (Å²) in [5, 5.41) is 17.7. The van der Waals surface area contributed by atoms with Crippen molar-refractivity contribution in [3.05, 3.63) is 55.9 Å². The van der Waals surface area contributed by atoms with E-state index in [4.69, 9.17) is 5.73 Å². The monoisotopic (exact) mass is 402 g/mol. The van der Waals surface area contributed by atoms with Crippen molar-refractivity contribution >= 4 is 33.8 Å². The van der Waals surface area contributed by atoms with Crippen LogP contribution in [0.1, 0.15) is 58.9 Å². The average molecular weight is 402 g/mol. The van der Waals surface area contributed by atoms with E-state index in [1.54, 1.807) is 6.07 Å². The molecule has 2 heterocycles. The van der Waals surface area contributed by atoms with E-state index in [9.17, 15) is 19.7 Å². The molecule has 148 valence electrons. The number of benzene rings is 1. The molecule has 1 aliphatic rings. The second kappa shape index (κ2) is 6.68. The fourth-order valence-corrected chi connectivity index (χ4v) is 5.15. The zero-order valence-corrected chi connectivity index (χ0v) is 16.9. The Bertz CT molecular complexity index is 994. The summed E-state index contributed by atoms with van der Waals surface area (Å²) in [4.78, 5) is 36.5. The standard InChI is InChI=1S/C19H22N4O4S/c1-18(2)9-11-13(15(20)24)17(28-14(11)19(3,4)22-18)21-16(25)10-7-5-6-8-12(10)23(26)27/h5-8,22H,9H2,1-4H3,(H2,20,24)(H,21,25). The molecule has 0 radical (unpaired) electrons. The third kappa shape index (κ3) is 3.50. The van der Waals surface area contributed by atoms with Crippen molar-refractivity contribution in [1.29, 1.82) is 0 Å². The molecule has 2 aromatic rings. The molecule has 2 amide bonds. The van der Waals surface area contributed by atoms with Gasteiger partial charge in [-0.1, -0.05) is 12.1 Å². The first-order valence-corrected chi connectivity index (χ1v) is 9.54. The largest absolute Gasteiger partial charge is 0.365 e. The highest BCUT2D eigenvalue weighted by atomic mass is 32.1. The lowest BCUT2D eigenvalue weighted by Gasteiger charge is -2.42. The Labute approximate surface area is 166 Å². The predicted molar refractivity (Wildman–Crippen MR) is 108 cm³/mol. The Morgan fingerprint density at radius 1 is 1.25 bits per heavy atom. The lowest BCUT2D eigenvalue weighted by molar-refractivity contribution is -0.385. The van der Waals surface area contributed by atoms with Crippen molar-refractivity contribution in [2.45, 2.75) is 45.2 Å². The van der Waals surface area contributed by atoms with Crippen LogP contribution in [0.5, 0.6) is 0 Å². The lowest BCUT2D eigenvalue weighted by atomic mass is 9.81. The minimum Gasteiger partial charge on any atom is -0.365 e. The Morgan fingerprint density at radius 2 is 1.89 bits per heavy atom. The highest BCUT2D eigenvalue weighted by Gasteiger charge is 2.41. The van der Waals surface area contributed by atoms with Gasteiger partial charge in [0.25, 0.3) is 17.5 Å². The molecule has 1 aromatic carbocycles. The Balaban J connectivity index is 2.07. The first-order chi connectivity index (χ1) is 12.9. The van der Waals surface area contributed by atoms with E-state index < -0.39 is 22.3 Å². The first kappa shape index (κ1) is 20.0. The average Bonchev–Trinajstić information content (AvgIpc) is 2.91. The molecule has 1 aliphatic heterocycles. The number of nitrogens with zero attached hydrogens (tertiary/aromatic N) is 1. The van der Waals surface area contributed by atoms with Crippen LogP contribution in [0, 0.1) is 10.1 Å². The molecule has 9 heteroatoms. The van der Waals surface area contributed by atoms with Gasteiger partial charge in [-0.05, 0) is 45.7 Å². The Kier molecular flexibility index (Phi) is 4.76. The van der Waals surface area contributed by atoms with Crippen molar-refractivity contribution in [1.82, 2.24) is 5.32 Å². The number of carbonyl (C=O) groups is 2. The maximum absolute atomic E-state index is 12.7. The number of primary amides is 1. The molecule has 0 bridgehead atoms. The summed E-state index contributed by atoms with van der Waals surface area (Å²) in [6.45, 7) is 8.07. The molecule has 0 spiro atoms. The third-order valence-corrected chi connectivity index (χ3v) is 6.13. The zero-order chi connectivity index (χ0) is 20.9. The number of thiophene rings is 1. The van der Waals surface area contributed by atoms with Gasteiger partial charge in [0.1, 0.15) is 10.6 Å². The van der Waals surface area contributed by atoms with E-state index in [1.165, 1.54) is 29.5 Å². The number of fused-ring (bicyclic) bond motifs is 1. The lowest BCUT2D eigenvalue weighted by Crippen LogP contribution is -2.55. The number of anilines is 1. The van der Waals surface area contributed by atoms with Crippen LogP contribution >= 0.6 is 11.3 Å². The van der Waals surface area contributed by atoms with E-state index in [0.717, 1.165) is 10.4 Å². The number of nitro benzene ring substituents is 1. The summed E-state index contributed by atoms with van der Waals surface area (Å²) >= 11 is 1.27. The highest BCUT2D eigenvalue weighted by molar-refractivity contribution is 7.17. The van der Waals surface area contributed by atoms with Crippen LogP contribution in [0.4, 0.5) is 10.7 Å². The minimum absolute atomic E-state index is 0.0768. The maximum atomic E-state index is 12.7. The first-order valence-electron chi connectivity index (χ1n) is 8.73. The van der Waals surface area contributed by atoms with E-state index in [-0.39, 0.29) is 22.4 Å². The van der Waals surface area contributed by atoms with Crippen molar-refractivity contribution < 1.29 is 14.5 Å². The number of hydrogen-bond acceptors (Lipinski definition) is 6. The molecule has 28 heavy (non-hydrogen) atoms. The second-order valence-electron chi connectivity index (χ2n) is 8.02. The summed E-state index contributed by atoms with van der Waals surface area (Å²) < 4.78 is 0. The Hall–Kier alpha value is -2.78. The molecule has 8 nitrogen and oxygen atoms in total. The predicted octanol–water partition coefficient (Wildman–Crippen LogP) is 3.17. The summed E-state index contributed by atoms with van der Waals surface area (Å²) in [7, 11) is 0. The maximum Gasteiger partial charge on any atom is 0.282 e. The number of para-hydroxylation sites is 1. The van der Waals surface area contributed by atoms with Gasteiger partial charge < -0.3 is 16.4 Å². The van der Waals surface area contributed by atoms with Gasteiger partial charge in [-0.3, -0.25) is 19.7 Å². The van der Waals surface area contributed by atoms with Crippen molar-refractivity contribution in [2.75, 3.05) is 5.32 Å². The van der Waals surface area contributed by atoms with Gasteiger partial charge >= 0.3 is 0 Å². The Morgan fingerprint density at radius 3 is 2.50 bits per heavy atom. The zero-order valence-electron chi connectivity index (χ0n) is 16.1. The van der Waals surface area contributed by atoms with E-state index in [2.05, 4.69) is 10.6 Å². The van der Waals surface area contributed by atoms with Gasteiger partial charge in [0.15, 0.2) is 0 Å². The topological polar surface area (TPSA) is 127 Å². The SMILES string of the molecule is CC1(C)Cc2c(sc(NC(=O)c3ccccc3[N+](=O)[O-])c2C(N)=O)C(C)(C)N1. The fourth-order valence-electron chi connectivity index (χ4n) is 3.87. The van der Waals surface area contributed by atoms with Crippen LogP contribution in [0.3, 0.4) is 0 Å². The quantitative estimate of drug-likeness (QED) is 0.535. The van der Waals surface area contributed by atoms with Crippen molar-refractivity contribution in [2.24, 2.45) is 5.73 Å². The van der Waals surface area contributed by atoms with Gasteiger partial charge in [0.05, 0.1) is 10.5 Å². The van der Waals surface area contributed by atoms with Gasteiger partial charge in [-0.15, -0.1) is 11.3 Å². The smallest absolute Gasteiger partial charge is 0.282 e. The van der Waals surface area contributed by atoms with Crippen molar-refractivity contribution in [3.63, 3.8) is 0 Å². The van der Waals surface area contributed by atoms with Gasteiger partial charge in [-0.2, -0.15) is 0 Å². The van der Waals surface area contributed by atoms with E-state index in [1.807, 2.05) is 27.7 Å². The highest BCUT2D eigenvalue weighted by Crippen LogP contribution is 2.45. The van der Waals surface area contributed by atoms with Gasteiger partial charge in [0, 0.05) is 22.0 Å². The van der Waals surface area contributed by atoms with Crippen LogP contribution in [0.25, 0.3) is 0 Å². The van der Waals surface area contributed by atoms with E-state index in [0.29, 0.717) is 11.4 Å². The fraction of sp³-hybridized carbons (Fsp3) is 0.368. The summed E-state index contributed by atoms with van der Waals surface area (Å²) in [6, 6.07) is 5.67. The molecule has 1 aromatic heterocycles. The van der Waals surface area contributed by atoms with Crippen LogP contribution in [0.15, 0.2) is 24.3 Å². The van der Waals surface area contributed by atoms with Crippen LogP contribution in [-0.4, -0.2) is 22.3 Å². The molecular weight excluding hydrogens is 380 g/mol. The number of amides is 2. The van der Waals surface area contributed by atoms with Crippen LogP contribution < -0.4 is 16.4 Å². The number of rotatable bonds is 4. The van der Waals surface area contributed by atoms with E-state index >= 15 is 0 Å². The van der Waals surface area contributed by atoms with Crippen LogP contribution in [0.2, 0.25) is 0 Å². The summed E-state index contributed by atoms with van der Waals surface area (Å²) in [5.74, 6) is -1.29. The van der Waals surface area contributed by atoms with Gasteiger partial charge in [0.2, 0.25) is 0 Å². The second-order valence-corrected chi connectivity index (χ2v) is 9.04. The number of carbonyl (C=O) groups excluding carboxylic acids is 2. The summed E-state index contributed by atoms with van der Waals surface area (Å²) in [6.07, 6.45) is 0.571. The third-order valence-electron chi connectivity index (χ3n) is 4.66. The number of nitrogens with one attached hydrogen (secondary N) is 2. The number of nitrogens with two attached hydrogens (primary N) is 1. The normalized spacial score (nSPS) is 16.9. The number of nitro groups is 1. The molecule has 3 rings (SSSR count). The number of hydrogen-bond donors (Lipinski definition) is 3. The van der Waals surface area contributed by atoms with Crippen LogP contribution in [-0.2, 0) is 12.0 Å². The van der Waals surface area contributed by atoms with Crippen molar-refractivity contribution in [3.8, 4) is 0 Å². The molecule has 0 aliphatic carbocycles. The van der Waals surface area contributed by atoms with Gasteiger partial charge in [-0.25, -0.2) is 0 Å².